The second-order valence-electron chi connectivity index (χ2n) is 5.25. The Morgan fingerprint density at radius 2 is 2.14 bits per heavy atom. The maximum absolute atomic E-state index is 13.0. The van der Waals surface area contributed by atoms with Crippen molar-refractivity contribution in [3.05, 3.63) is 65.0 Å². The SMILES string of the molecule is Cc1cc(F)ccc1NC(=O)/C=C/c1ccc2c(c1)CCO2. The van der Waals surface area contributed by atoms with Crippen molar-refractivity contribution in [1.82, 2.24) is 0 Å². The summed E-state index contributed by atoms with van der Waals surface area (Å²) in [5.41, 5.74) is 3.42. The third-order valence-corrected chi connectivity index (χ3v) is 3.59. The number of fused-ring (bicyclic) bond motifs is 1. The van der Waals surface area contributed by atoms with Gasteiger partial charge in [0.05, 0.1) is 6.61 Å². The van der Waals surface area contributed by atoms with Gasteiger partial charge in [0, 0.05) is 18.2 Å². The van der Waals surface area contributed by atoms with E-state index in [2.05, 4.69) is 5.32 Å². The number of ether oxygens (including phenoxy) is 1. The van der Waals surface area contributed by atoms with Crippen LogP contribution in [-0.2, 0) is 11.2 Å². The molecule has 1 aliphatic rings. The Hall–Kier alpha value is -2.62. The standard InChI is InChI=1S/C18H16FNO2/c1-12-10-15(19)4-5-16(12)20-18(21)7-3-13-2-6-17-14(11-13)8-9-22-17/h2-7,10-11H,8-9H2,1H3,(H,20,21)/b7-3+. The summed E-state index contributed by atoms with van der Waals surface area (Å²) in [7, 11) is 0. The van der Waals surface area contributed by atoms with Gasteiger partial charge in [0.15, 0.2) is 0 Å². The molecule has 4 heteroatoms. The lowest BCUT2D eigenvalue weighted by molar-refractivity contribution is -0.111. The van der Waals surface area contributed by atoms with Crippen LogP contribution in [0.3, 0.4) is 0 Å². The summed E-state index contributed by atoms with van der Waals surface area (Å²) in [6.07, 6.45) is 4.13. The summed E-state index contributed by atoms with van der Waals surface area (Å²) in [4.78, 5) is 11.9. The fourth-order valence-corrected chi connectivity index (χ4v) is 2.42. The van der Waals surface area contributed by atoms with Crippen LogP contribution >= 0.6 is 0 Å². The third-order valence-electron chi connectivity index (χ3n) is 3.59. The first kappa shape index (κ1) is 14.3. The number of anilines is 1. The van der Waals surface area contributed by atoms with E-state index in [1.54, 1.807) is 19.1 Å². The van der Waals surface area contributed by atoms with Gasteiger partial charge in [-0.15, -0.1) is 0 Å². The molecular weight excluding hydrogens is 281 g/mol. The molecule has 1 heterocycles. The molecule has 0 unspecified atom stereocenters. The molecule has 1 amide bonds. The number of carbonyl (C=O) groups is 1. The number of aryl methyl sites for hydroxylation is 1. The molecule has 0 saturated heterocycles. The van der Waals surface area contributed by atoms with Gasteiger partial charge in [-0.3, -0.25) is 4.79 Å². The molecule has 1 N–H and O–H groups in total. The van der Waals surface area contributed by atoms with Crippen molar-refractivity contribution in [3.63, 3.8) is 0 Å². The molecule has 2 aromatic carbocycles. The average Bonchev–Trinajstić information content (AvgIpc) is 2.95. The number of rotatable bonds is 3. The second kappa shape index (κ2) is 6.02. The summed E-state index contributed by atoms with van der Waals surface area (Å²) in [6, 6.07) is 10.1. The van der Waals surface area contributed by atoms with Crippen molar-refractivity contribution >= 4 is 17.7 Å². The topological polar surface area (TPSA) is 38.3 Å². The number of carbonyl (C=O) groups excluding carboxylic acids is 1. The van der Waals surface area contributed by atoms with E-state index in [-0.39, 0.29) is 11.7 Å². The van der Waals surface area contributed by atoms with E-state index in [0.717, 1.165) is 23.3 Å². The van der Waals surface area contributed by atoms with Crippen molar-refractivity contribution in [2.24, 2.45) is 0 Å². The van der Waals surface area contributed by atoms with Crippen molar-refractivity contribution in [2.45, 2.75) is 13.3 Å². The Kier molecular flexibility index (Phi) is 3.92. The van der Waals surface area contributed by atoms with Crippen LogP contribution in [0.5, 0.6) is 5.75 Å². The summed E-state index contributed by atoms with van der Waals surface area (Å²) in [5, 5.41) is 2.74. The first-order valence-electron chi connectivity index (χ1n) is 7.13. The molecular formula is C18H16FNO2. The van der Waals surface area contributed by atoms with Crippen LogP contribution in [0.15, 0.2) is 42.5 Å². The molecule has 1 aliphatic heterocycles. The van der Waals surface area contributed by atoms with Gasteiger partial charge in [-0.05, 0) is 60.0 Å². The minimum absolute atomic E-state index is 0.244. The van der Waals surface area contributed by atoms with Crippen LogP contribution in [0.2, 0.25) is 0 Å². The Bertz CT molecular complexity index is 753. The molecule has 0 bridgehead atoms. The molecule has 0 spiro atoms. The van der Waals surface area contributed by atoms with Crippen LogP contribution in [-0.4, -0.2) is 12.5 Å². The molecule has 112 valence electrons. The third kappa shape index (κ3) is 3.17. The monoisotopic (exact) mass is 297 g/mol. The van der Waals surface area contributed by atoms with E-state index in [4.69, 9.17) is 4.74 Å². The summed E-state index contributed by atoms with van der Waals surface area (Å²) in [5.74, 6) is 0.362. The lowest BCUT2D eigenvalue weighted by atomic mass is 10.1. The van der Waals surface area contributed by atoms with Crippen molar-refractivity contribution in [2.75, 3.05) is 11.9 Å². The van der Waals surface area contributed by atoms with Gasteiger partial charge in [-0.25, -0.2) is 4.39 Å². The summed E-state index contributed by atoms with van der Waals surface area (Å²) < 4.78 is 18.5. The fourth-order valence-electron chi connectivity index (χ4n) is 2.42. The van der Waals surface area contributed by atoms with Crippen LogP contribution < -0.4 is 10.1 Å². The second-order valence-corrected chi connectivity index (χ2v) is 5.25. The molecule has 2 aromatic rings. The number of benzene rings is 2. The molecule has 0 atom stereocenters. The lowest BCUT2D eigenvalue weighted by Gasteiger charge is -2.06. The van der Waals surface area contributed by atoms with Crippen molar-refractivity contribution in [1.29, 1.82) is 0 Å². The molecule has 0 fully saturated rings. The van der Waals surface area contributed by atoms with Gasteiger partial charge in [0.25, 0.3) is 0 Å². The highest BCUT2D eigenvalue weighted by molar-refractivity contribution is 6.02. The number of hydrogen-bond acceptors (Lipinski definition) is 2. The van der Waals surface area contributed by atoms with E-state index in [9.17, 15) is 9.18 Å². The Morgan fingerprint density at radius 1 is 1.27 bits per heavy atom. The molecule has 3 rings (SSSR count). The Balaban J connectivity index is 1.68. The molecule has 0 aromatic heterocycles. The van der Waals surface area contributed by atoms with Crippen LogP contribution in [0.1, 0.15) is 16.7 Å². The zero-order valence-corrected chi connectivity index (χ0v) is 12.2. The van der Waals surface area contributed by atoms with Gasteiger partial charge in [-0.1, -0.05) is 6.07 Å². The first-order valence-corrected chi connectivity index (χ1v) is 7.13. The molecule has 0 saturated carbocycles. The zero-order chi connectivity index (χ0) is 15.5. The van der Waals surface area contributed by atoms with E-state index >= 15 is 0 Å². The van der Waals surface area contributed by atoms with Gasteiger partial charge >= 0.3 is 0 Å². The summed E-state index contributed by atoms with van der Waals surface area (Å²) in [6.45, 7) is 2.47. The maximum atomic E-state index is 13.0. The molecule has 0 radical (unpaired) electrons. The number of nitrogens with one attached hydrogen (secondary N) is 1. The highest BCUT2D eigenvalue weighted by Crippen LogP contribution is 2.26. The van der Waals surface area contributed by atoms with Crippen LogP contribution in [0.4, 0.5) is 10.1 Å². The minimum Gasteiger partial charge on any atom is -0.493 e. The summed E-state index contributed by atoms with van der Waals surface area (Å²) >= 11 is 0. The van der Waals surface area contributed by atoms with E-state index in [1.807, 2.05) is 18.2 Å². The lowest BCUT2D eigenvalue weighted by Crippen LogP contribution is -2.09. The zero-order valence-electron chi connectivity index (χ0n) is 12.2. The van der Waals surface area contributed by atoms with Gasteiger partial charge in [0.1, 0.15) is 11.6 Å². The first-order chi connectivity index (χ1) is 10.6. The molecule has 22 heavy (non-hydrogen) atoms. The molecule has 0 aliphatic carbocycles. The van der Waals surface area contributed by atoms with E-state index < -0.39 is 0 Å². The maximum Gasteiger partial charge on any atom is 0.248 e. The van der Waals surface area contributed by atoms with E-state index in [0.29, 0.717) is 17.9 Å². The van der Waals surface area contributed by atoms with Gasteiger partial charge in [0.2, 0.25) is 5.91 Å². The fraction of sp³-hybridized carbons (Fsp3) is 0.167. The number of amides is 1. The molecule has 3 nitrogen and oxygen atoms in total. The number of halogens is 1. The van der Waals surface area contributed by atoms with Crippen LogP contribution in [0, 0.1) is 12.7 Å². The van der Waals surface area contributed by atoms with Crippen molar-refractivity contribution < 1.29 is 13.9 Å². The highest BCUT2D eigenvalue weighted by atomic mass is 19.1. The average molecular weight is 297 g/mol. The van der Waals surface area contributed by atoms with Crippen molar-refractivity contribution in [3.8, 4) is 5.75 Å². The van der Waals surface area contributed by atoms with E-state index in [1.165, 1.54) is 18.2 Å². The van der Waals surface area contributed by atoms with Crippen LogP contribution in [0.25, 0.3) is 6.08 Å². The normalized spacial score (nSPS) is 13.0. The predicted molar refractivity (Wildman–Crippen MR) is 84.4 cm³/mol. The number of hydrogen-bond donors (Lipinski definition) is 1. The largest absolute Gasteiger partial charge is 0.493 e. The highest BCUT2D eigenvalue weighted by Gasteiger charge is 2.11. The minimum atomic E-state index is -0.314. The smallest absolute Gasteiger partial charge is 0.248 e. The van der Waals surface area contributed by atoms with Gasteiger partial charge < -0.3 is 10.1 Å². The predicted octanol–water partition coefficient (Wildman–Crippen LogP) is 3.72. The Labute approximate surface area is 128 Å². The Morgan fingerprint density at radius 3 is 2.95 bits per heavy atom. The quantitative estimate of drug-likeness (QED) is 0.877. The van der Waals surface area contributed by atoms with Gasteiger partial charge in [-0.2, -0.15) is 0 Å².